The number of hydrogen-bond donors (Lipinski definition) is 2. The van der Waals surface area contributed by atoms with Gasteiger partial charge in [-0.25, -0.2) is 4.98 Å². The van der Waals surface area contributed by atoms with Gasteiger partial charge in [-0.05, 0) is 73.6 Å². The molecule has 2 N–H and O–H groups in total. The van der Waals surface area contributed by atoms with Crippen molar-refractivity contribution in [3.63, 3.8) is 0 Å². The molecular formula is C31H34N4O2. The van der Waals surface area contributed by atoms with Crippen molar-refractivity contribution in [1.82, 2.24) is 14.9 Å². The maximum absolute atomic E-state index is 13.0. The molecule has 0 fully saturated rings. The lowest BCUT2D eigenvalue weighted by molar-refractivity contribution is 0.0957. The number of nitrogens with zero attached hydrogens (tertiary/aromatic N) is 2. The molecule has 0 saturated carbocycles. The minimum absolute atomic E-state index is 0.219. The second-order valence-corrected chi connectivity index (χ2v) is 9.39. The maximum Gasteiger partial charge on any atom is 0.271 e. The Balaban J connectivity index is 1.47. The largest absolute Gasteiger partial charge is 0.354 e. The molecule has 2 amide bonds. The van der Waals surface area contributed by atoms with E-state index in [1.807, 2.05) is 30.3 Å². The second-order valence-electron chi connectivity index (χ2n) is 9.39. The average Bonchev–Trinajstić information content (AvgIpc) is 3.46. The lowest BCUT2D eigenvalue weighted by Gasteiger charge is -2.09. The van der Waals surface area contributed by atoms with Gasteiger partial charge in [-0.1, -0.05) is 56.2 Å². The van der Waals surface area contributed by atoms with E-state index in [0.29, 0.717) is 22.9 Å². The Bertz CT molecular complexity index is 1340. The topological polar surface area (TPSA) is 76.0 Å². The minimum Gasteiger partial charge on any atom is -0.354 e. The van der Waals surface area contributed by atoms with Crippen LogP contribution in [0.5, 0.6) is 0 Å². The van der Waals surface area contributed by atoms with Gasteiger partial charge < -0.3 is 15.2 Å². The zero-order valence-corrected chi connectivity index (χ0v) is 21.6. The predicted molar refractivity (Wildman–Crippen MR) is 148 cm³/mol. The Kier molecular flexibility index (Phi) is 8.93. The fourth-order valence-electron chi connectivity index (χ4n) is 4.50. The Labute approximate surface area is 219 Å². The van der Waals surface area contributed by atoms with Crippen LogP contribution in [0.3, 0.4) is 0 Å². The van der Waals surface area contributed by atoms with Crippen molar-refractivity contribution < 1.29 is 9.59 Å². The molecule has 0 radical (unpaired) electrons. The van der Waals surface area contributed by atoms with Crippen molar-refractivity contribution in [3.05, 3.63) is 89.5 Å². The first-order valence-electron chi connectivity index (χ1n) is 13.1. The van der Waals surface area contributed by atoms with E-state index in [-0.39, 0.29) is 11.8 Å². The van der Waals surface area contributed by atoms with Crippen LogP contribution in [0.1, 0.15) is 78.3 Å². The normalized spacial score (nSPS) is 15.7. The summed E-state index contributed by atoms with van der Waals surface area (Å²) in [6.45, 7) is 2.25. The molecule has 0 aliphatic heterocycles. The van der Waals surface area contributed by atoms with Crippen molar-refractivity contribution in [2.45, 2.75) is 51.9 Å². The molecule has 0 saturated heterocycles. The van der Waals surface area contributed by atoms with E-state index in [1.165, 1.54) is 37.7 Å². The van der Waals surface area contributed by atoms with Crippen molar-refractivity contribution in [2.75, 3.05) is 12.4 Å². The molecule has 1 aliphatic rings. The lowest BCUT2D eigenvalue weighted by atomic mass is 9.97. The number of amides is 2. The zero-order chi connectivity index (χ0) is 26.0. The van der Waals surface area contributed by atoms with Gasteiger partial charge in [0.25, 0.3) is 11.8 Å². The van der Waals surface area contributed by atoms with Gasteiger partial charge in [-0.3, -0.25) is 9.59 Å². The second kappa shape index (κ2) is 12.7. The third kappa shape index (κ3) is 7.20. The summed E-state index contributed by atoms with van der Waals surface area (Å²) >= 11 is 0. The van der Waals surface area contributed by atoms with E-state index in [9.17, 15) is 9.59 Å². The lowest BCUT2D eigenvalue weighted by Crippen LogP contribution is -2.18. The fourth-order valence-corrected chi connectivity index (χ4v) is 4.50. The summed E-state index contributed by atoms with van der Waals surface area (Å²) in [5.41, 5.74) is 4.36. The third-order valence-corrected chi connectivity index (χ3v) is 6.67. The van der Waals surface area contributed by atoms with Crippen LogP contribution in [0.15, 0.2) is 72.7 Å². The Morgan fingerprint density at radius 1 is 1.03 bits per heavy atom. The standard InChI is InChI=1S/C31H34N4O2/c1-3-23-10-6-4-5-7-11-24(18-23)16-17-25-12-8-14-27(19-25)34-30(36)26-13-9-15-28(20-26)35-21-29(33-22-35)31(37)32-2/h8-9,12-15,18-23H,3-7,10-11H2,1-2H3,(H,32,37)(H,34,36). The first kappa shape index (κ1) is 26.0. The summed E-state index contributed by atoms with van der Waals surface area (Å²) in [6.07, 6.45) is 14.1. The molecule has 190 valence electrons. The maximum atomic E-state index is 13.0. The van der Waals surface area contributed by atoms with E-state index in [1.54, 1.807) is 42.3 Å². The molecule has 1 aliphatic carbocycles. The number of carbonyl (C=O) groups excluding carboxylic acids is 2. The first-order chi connectivity index (χ1) is 18.1. The van der Waals surface area contributed by atoms with Crippen LogP contribution in [0.25, 0.3) is 5.69 Å². The van der Waals surface area contributed by atoms with Gasteiger partial charge in [0.2, 0.25) is 0 Å². The molecule has 1 heterocycles. The van der Waals surface area contributed by atoms with Crippen LogP contribution in [0.2, 0.25) is 0 Å². The van der Waals surface area contributed by atoms with E-state index in [2.05, 4.69) is 40.5 Å². The van der Waals surface area contributed by atoms with Gasteiger partial charge in [0.05, 0.1) is 0 Å². The fraction of sp³-hybridized carbons (Fsp3) is 0.323. The molecule has 3 aromatic rings. The van der Waals surface area contributed by atoms with E-state index in [4.69, 9.17) is 0 Å². The molecule has 1 atom stereocenters. The highest BCUT2D eigenvalue weighted by Crippen LogP contribution is 2.23. The molecule has 6 heteroatoms. The number of rotatable bonds is 5. The minimum atomic E-state index is -0.262. The number of aromatic nitrogens is 2. The summed E-state index contributed by atoms with van der Waals surface area (Å²) in [4.78, 5) is 28.9. The third-order valence-electron chi connectivity index (χ3n) is 6.67. The van der Waals surface area contributed by atoms with Crippen LogP contribution in [0, 0.1) is 17.8 Å². The van der Waals surface area contributed by atoms with Gasteiger partial charge in [0.15, 0.2) is 0 Å². The Hall–Kier alpha value is -4.11. The van der Waals surface area contributed by atoms with Crippen molar-refractivity contribution in [3.8, 4) is 17.5 Å². The summed E-state index contributed by atoms with van der Waals surface area (Å²) in [7, 11) is 1.56. The van der Waals surface area contributed by atoms with Gasteiger partial charge in [0.1, 0.15) is 12.0 Å². The monoisotopic (exact) mass is 494 g/mol. The van der Waals surface area contributed by atoms with E-state index < -0.39 is 0 Å². The van der Waals surface area contributed by atoms with Gasteiger partial charge in [-0.2, -0.15) is 0 Å². The Morgan fingerprint density at radius 2 is 1.86 bits per heavy atom. The van der Waals surface area contributed by atoms with Crippen LogP contribution < -0.4 is 10.6 Å². The number of nitrogens with one attached hydrogen (secondary N) is 2. The average molecular weight is 495 g/mol. The van der Waals surface area contributed by atoms with Crippen LogP contribution in [-0.4, -0.2) is 28.4 Å². The predicted octanol–water partition coefficient (Wildman–Crippen LogP) is 6.14. The number of allylic oxidation sites excluding steroid dienone is 2. The van der Waals surface area contributed by atoms with Crippen molar-refractivity contribution >= 4 is 17.5 Å². The summed E-state index contributed by atoms with van der Waals surface area (Å²) < 4.78 is 1.72. The number of anilines is 1. The first-order valence-corrected chi connectivity index (χ1v) is 13.1. The van der Waals surface area contributed by atoms with Crippen LogP contribution in [-0.2, 0) is 0 Å². The molecule has 1 aromatic heterocycles. The van der Waals surface area contributed by atoms with E-state index in [0.717, 1.165) is 24.1 Å². The van der Waals surface area contributed by atoms with Gasteiger partial charge in [0, 0.05) is 35.7 Å². The molecule has 0 bridgehead atoms. The van der Waals surface area contributed by atoms with Gasteiger partial charge in [-0.15, -0.1) is 0 Å². The van der Waals surface area contributed by atoms with E-state index >= 15 is 0 Å². The molecule has 0 spiro atoms. The molecule has 4 rings (SSSR count). The van der Waals surface area contributed by atoms with Crippen LogP contribution in [0.4, 0.5) is 5.69 Å². The molecule has 1 unspecified atom stereocenters. The summed E-state index contributed by atoms with van der Waals surface area (Å²) in [5.74, 6) is 6.86. The number of imidazole rings is 1. The molecule has 2 aromatic carbocycles. The molecular weight excluding hydrogens is 460 g/mol. The summed E-state index contributed by atoms with van der Waals surface area (Å²) in [6, 6.07) is 14.8. The number of carbonyl (C=O) groups is 2. The number of benzene rings is 2. The summed E-state index contributed by atoms with van der Waals surface area (Å²) in [5, 5.41) is 5.54. The highest BCUT2D eigenvalue weighted by atomic mass is 16.2. The van der Waals surface area contributed by atoms with Crippen LogP contribution >= 0.6 is 0 Å². The quantitative estimate of drug-likeness (QED) is 0.418. The Morgan fingerprint density at radius 3 is 2.70 bits per heavy atom. The molecule has 6 nitrogen and oxygen atoms in total. The van der Waals surface area contributed by atoms with Crippen molar-refractivity contribution in [1.29, 1.82) is 0 Å². The van der Waals surface area contributed by atoms with Gasteiger partial charge >= 0.3 is 0 Å². The highest BCUT2D eigenvalue weighted by molar-refractivity contribution is 6.04. The smallest absolute Gasteiger partial charge is 0.271 e. The SMILES string of the molecule is CCC1C=C(C#Cc2cccc(NC(=O)c3cccc(-n4cnc(C(=O)NC)c4)c3)c2)CCCCCC1. The molecule has 37 heavy (non-hydrogen) atoms. The zero-order valence-electron chi connectivity index (χ0n) is 21.6. The highest BCUT2D eigenvalue weighted by Gasteiger charge is 2.11. The number of hydrogen-bond acceptors (Lipinski definition) is 3. The van der Waals surface area contributed by atoms with Crippen molar-refractivity contribution in [2.24, 2.45) is 5.92 Å².